The maximum absolute atomic E-state index is 10.1. The average Bonchev–Trinajstić information content (AvgIpc) is 2.10. The molecule has 1 heterocycles. The lowest BCUT2D eigenvalue weighted by molar-refractivity contribution is 0.0689. The molecule has 0 amide bonds. The second-order valence-electron chi connectivity index (χ2n) is 1.41. The highest BCUT2D eigenvalue weighted by Crippen LogP contribution is 1.87. The van der Waals surface area contributed by atoms with Gasteiger partial charge in [-0.15, -0.1) is 5.10 Å². The van der Waals surface area contributed by atoms with Gasteiger partial charge in [-0.1, -0.05) is 13.8 Å². The van der Waals surface area contributed by atoms with Crippen LogP contribution in [0.2, 0.25) is 0 Å². The van der Waals surface area contributed by atoms with Gasteiger partial charge in [-0.05, 0) is 12.1 Å². The van der Waals surface area contributed by atoms with Crippen molar-refractivity contribution in [1.82, 2.24) is 10.2 Å². The first-order valence-corrected chi connectivity index (χ1v) is 3.31. The molecule has 0 atom stereocenters. The maximum Gasteiger partial charge on any atom is 0.356 e. The summed E-state index contributed by atoms with van der Waals surface area (Å²) in [4.78, 5) is 10.1. The third kappa shape index (κ3) is 3.30. The number of carbonyl (C=O) groups is 1. The molecule has 0 unspecified atom stereocenters. The van der Waals surface area contributed by atoms with E-state index < -0.39 is 5.97 Å². The fourth-order valence-corrected chi connectivity index (χ4v) is 0.416. The van der Waals surface area contributed by atoms with Crippen molar-refractivity contribution in [2.45, 2.75) is 13.8 Å². The molecule has 1 rings (SSSR count). The van der Waals surface area contributed by atoms with Crippen LogP contribution >= 0.6 is 0 Å². The molecule has 0 aliphatic heterocycles. The van der Waals surface area contributed by atoms with Crippen LogP contribution in [-0.2, 0) is 0 Å². The van der Waals surface area contributed by atoms with Crippen LogP contribution in [0.25, 0.3) is 0 Å². The third-order valence-corrected chi connectivity index (χ3v) is 0.791. The Morgan fingerprint density at radius 3 is 2.45 bits per heavy atom. The Labute approximate surface area is 64.9 Å². The summed E-state index contributed by atoms with van der Waals surface area (Å²) in [5.41, 5.74) is -0.0301. The van der Waals surface area contributed by atoms with E-state index in [-0.39, 0.29) is 5.69 Å². The van der Waals surface area contributed by atoms with Crippen molar-refractivity contribution in [3.05, 3.63) is 24.0 Å². The van der Waals surface area contributed by atoms with E-state index in [1.54, 1.807) is 0 Å². The van der Waals surface area contributed by atoms with Gasteiger partial charge in [-0.25, -0.2) is 4.79 Å². The first-order chi connectivity index (χ1) is 5.30. The zero-order valence-corrected chi connectivity index (χ0v) is 6.48. The SMILES string of the molecule is CC.O=C(O)c1cccnn1. The minimum Gasteiger partial charge on any atom is -0.476 e. The molecule has 0 spiro atoms. The molecule has 1 aromatic heterocycles. The Bertz CT molecular complexity index is 211. The van der Waals surface area contributed by atoms with Crippen LogP contribution < -0.4 is 0 Å². The number of aromatic nitrogens is 2. The zero-order valence-electron chi connectivity index (χ0n) is 6.48. The van der Waals surface area contributed by atoms with Gasteiger partial charge in [-0.3, -0.25) is 0 Å². The number of nitrogens with zero attached hydrogens (tertiary/aromatic N) is 2. The number of carboxylic acids is 1. The van der Waals surface area contributed by atoms with Crippen molar-refractivity contribution < 1.29 is 9.90 Å². The summed E-state index contributed by atoms with van der Waals surface area (Å²) in [6.45, 7) is 4.00. The van der Waals surface area contributed by atoms with Crippen LogP contribution in [0.15, 0.2) is 18.3 Å². The monoisotopic (exact) mass is 154 g/mol. The topological polar surface area (TPSA) is 63.1 Å². The second-order valence-corrected chi connectivity index (χ2v) is 1.41. The van der Waals surface area contributed by atoms with E-state index in [9.17, 15) is 4.79 Å². The fraction of sp³-hybridized carbons (Fsp3) is 0.286. The standard InChI is InChI=1S/C5H4N2O2.C2H6/c8-5(9)4-2-1-3-6-7-4;1-2/h1-3H,(H,8,9);1-2H3. The Morgan fingerprint density at radius 2 is 2.18 bits per heavy atom. The highest BCUT2D eigenvalue weighted by Gasteiger charge is 2.00. The highest BCUT2D eigenvalue weighted by atomic mass is 16.4. The van der Waals surface area contributed by atoms with E-state index in [4.69, 9.17) is 5.11 Å². The summed E-state index contributed by atoms with van der Waals surface area (Å²) in [6.07, 6.45) is 1.42. The summed E-state index contributed by atoms with van der Waals surface area (Å²) in [7, 11) is 0. The van der Waals surface area contributed by atoms with Crippen molar-refractivity contribution in [2.75, 3.05) is 0 Å². The molecular formula is C7H10N2O2. The predicted octanol–water partition coefficient (Wildman–Crippen LogP) is 1.20. The summed E-state index contributed by atoms with van der Waals surface area (Å²) in [5.74, 6) is -1.05. The summed E-state index contributed by atoms with van der Waals surface area (Å²) in [5, 5.41) is 15.0. The normalized spacial score (nSPS) is 7.82. The molecule has 60 valence electrons. The summed E-state index contributed by atoms with van der Waals surface area (Å²) in [6, 6.07) is 2.91. The summed E-state index contributed by atoms with van der Waals surface area (Å²) < 4.78 is 0. The van der Waals surface area contributed by atoms with Gasteiger partial charge in [-0.2, -0.15) is 5.10 Å². The second kappa shape index (κ2) is 5.34. The molecule has 0 aromatic carbocycles. The number of hydrogen-bond donors (Lipinski definition) is 1. The lowest BCUT2D eigenvalue weighted by atomic mass is 10.4. The smallest absolute Gasteiger partial charge is 0.356 e. The van der Waals surface area contributed by atoms with Crippen molar-refractivity contribution in [3.63, 3.8) is 0 Å². The van der Waals surface area contributed by atoms with Crippen molar-refractivity contribution >= 4 is 5.97 Å². The molecule has 0 saturated carbocycles. The molecule has 0 aliphatic rings. The zero-order chi connectivity index (χ0) is 8.69. The van der Waals surface area contributed by atoms with Gasteiger partial charge < -0.3 is 5.11 Å². The maximum atomic E-state index is 10.1. The van der Waals surface area contributed by atoms with Gasteiger partial charge >= 0.3 is 5.97 Å². The van der Waals surface area contributed by atoms with Gasteiger partial charge in [0, 0.05) is 6.20 Å². The van der Waals surface area contributed by atoms with Crippen LogP contribution in [0.1, 0.15) is 24.3 Å². The average molecular weight is 154 g/mol. The van der Waals surface area contributed by atoms with Gasteiger partial charge in [0.15, 0.2) is 5.69 Å². The van der Waals surface area contributed by atoms with Crippen molar-refractivity contribution in [2.24, 2.45) is 0 Å². The van der Waals surface area contributed by atoms with E-state index in [1.807, 2.05) is 13.8 Å². The van der Waals surface area contributed by atoms with Gasteiger partial charge in [0.25, 0.3) is 0 Å². The molecule has 1 aromatic rings. The number of rotatable bonds is 1. The van der Waals surface area contributed by atoms with Crippen molar-refractivity contribution in [1.29, 1.82) is 0 Å². The number of carboxylic acid groups (broad SMARTS) is 1. The molecule has 0 saturated heterocycles. The first-order valence-electron chi connectivity index (χ1n) is 3.31. The van der Waals surface area contributed by atoms with Gasteiger partial charge in [0.1, 0.15) is 0 Å². The third-order valence-electron chi connectivity index (χ3n) is 0.791. The molecule has 1 N–H and O–H groups in total. The molecule has 11 heavy (non-hydrogen) atoms. The Hall–Kier alpha value is -1.45. The Morgan fingerprint density at radius 1 is 1.55 bits per heavy atom. The van der Waals surface area contributed by atoms with E-state index in [2.05, 4.69) is 10.2 Å². The fourth-order valence-electron chi connectivity index (χ4n) is 0.416. The van der Waals surface area contributed by atoms with Crippen LogP contribution in [0, 0.1) is 0 Å². The van der Waals surface area contributed by atoms with Gasteiger partial charge in [0.2, 0.25) is 0 Å². The van der Waals surface area contributed by atoms with Crippen LogP contribution in [-0.4, -0.2) is 21.3 Å². The number of hydrogen-bond acceptors (Lipinski definition) is 3. The molecular weight excluding hydrogens is 144 g/mol. The van der Waals surface area contributed by atoms with Gasteiger partial charge in [0.05, 0.1) is 0 Å². The van der Waals surface area contributed by atoms with Crippen LogP contribution in [0.4, 0.5) is 0 Å². The predicted molar refractivity (Wildman–Crippen MR) is 40.3 cm³/mol. The minimum atomic E-state index is -1.05. The van der Waals surface area contributed by atoms with E-state index >= 15 is 0 Å². The molecule has 4 heteroatoms. The van der Waals surface area contributed by atoms with Crippen LogP contribution in [0.3, 0.4) is 0 Å². The molecule has 0 aliphatic carbocycles. The Balaban J connectivity index is 0.000000461. The van der Waals surface area contributed by atoms with E-state index in [1.165, 1.54) is 18.3 Å². The molecule has 4 nitrogen and oxygen atoms in total. The van der Waals surface area contributed by atoms with E-state index in [0.29, 0.717) is 0 Å². The lowest BCUT2D eigenvalue weighted by Crippen LogP contribution is -1.99. The Kier molecular flexibility index (Phi) is 4.64. The highest BCUT2D eigenvalue weighted by molar-refractivity contribution is 5.84. The first kappa shape index (κ1) is 9.55. The largest absolute Gasteiger partial charge is 0.476 e. The molecule has 0 bridgehead atoms. The van der Waals surface area contributed by atoms with Crippen LogP contribution in [0.5, 0.6) is 0 Å². The minimum absolute atomic E-state index is 0.0301. The quantitative estimate of drug-likeness (QED) is 0.660. The summed E-state index contributed by atoms with van der Waals surface area (Å²) >= 11 is 0. The van der Waals surface area contributed by atoms with Crippen molar-refractivity contribution in [3.8, 4) is 0 Å². The molecule has 0 fully saturated rings. The molecule has 0 radical (unpaired) electrons. The lowest BCUT2D eigenvalue weighted by Gasteiger charge is -1.85. The van der Waals surface area contributed by atoms with E-state index in [0.717, 1.165) is 0 Å². The number of aromatic carboxylic acids is 1.